The molecule has 3 heteroatoms. The molecule has 0 radical (unpaired) electrons. The third-order valence-corrected chi connectivity index (χ3v) is 11.3. The van der Waals surface area contributed by atoms with Crippen LogP contribution in [0.3, 0.4) is 0 Å². The first kappa shape index (κ1) is 30.9. The van der Waals surface area contributed by atoms with Crippen molar-refractivity contribution in [3.8, 4) is 33.6 Å². The molecule has 0 aliphatic heterocycles. The molecule has 11 aromatic rings. The van der Waals surface area contributed by atoms with E-state index in [1.807, 2.05) is 24.4 Å². The minimum Gasteiger partial charge on any atom is -0.256 e. The number of benzene rings is 8. The predicted molar refractivity (Wildman–Crippen MR) is 229 cm³/mol. The van der Waals surface area contributed by atoms with Gasteiger partial charge in [0.05, 0.1) is 27.9 Å². The summed E-state index contributed by atoms with van der Waals surface area (Å²) in [6.07, 6.45) is 1.92. The van der Waals surface area contributed by atoms with Crippen molar-refractivity contribution in [3.63, 3.8) is 0 Å². The van der Waals surface area contributed by atoms with Gasteiger partial charge in [-0.2, -0.15) is 0 Å². The molecule has 0 spiro atoms. The largest absolute Gasteiger partial charge is 0.256 e. The van der Waals surface area contributed by atoms with E-state index in [-0.39, 0.29) is 5.41 Å². The van der Waals surface area contributed by atoms with Gasteiger partial charge in [0.1, 0.15) is 0 Å². The van der Waals surface area contributed by atoms with Gasteiger partial charge in [-0.3, -0.25) is 4.98 Å². The molecule has 0 N–H and O–H groups in total. The summed E-state index contributed by atoms with van der Waals surface area (Å²) in [7, 11) is 0. The van der Waals surface area contributed by atoms with Gasteiger partial charge in [-0.05, 0) is 102 Å². The lowest BCUT2D eigenvalue weighted by Gasteiger charge is -2.23. The van der Waals surface area contributed by atoms with Crippen LogP contribution in [0.15, 0.2) is 158 Å². The van der Waals surface area contributed by atoms with E-state index in [4.69, 9.17) is 15.0 Å². The van der Waals surface area contributed by atoms with Crippen LogP contribution in [0.25, 0.3) is 109 Å². The second-order valence-electron chi connectivity index (χ2n) is 15.7. The van der Waals surface area contributed by atoms with Crippen LogP contribution in [0.1, 0.15) is 26.3 Å². The van der Waals surface area contributed by atoms with Crippen LogP contribution in [0.5, 0.6) is 0 Å². The van der Waals surface area contributed by atoms with Gasteiger partial charge in [0, 0.05) is 33.5 Å². The molecule has 0 saturated heterocycles. The van der Waals surface area contributed by atoms with E-state index in [1.165, 1.54) is 59.8 Å². The van der Waals surface area contributed by atoms with Crippen LogP contribution in [0.4, 0.5) is 0 Å². The first-order valence-electron chi connectivity index (χ1n) is 18.7. The number of aromatic nitrogens is 3. The fourth-order valence-electron chi connectivity index (χ4n) is 8.45. The zero-order valence-electron chi connectivity index (χ0n) is 30.4. The van der Waals surface area contributed by atoms with E-state index >= 15 is 0 Å². The van der Waals surface area contributed by atoms with Crippen molar-refractivity contribution in [2.75, 3.05) is 0 Å². The molecule has 0 unspecified atom stereocenters. The Hall–Kier alpha value is -6.71. The number of rotatable bonds is 3. The number of hydrogen-bond donors (Lipinski definition) is 0. The Bertz CT molecular complexity index is 3300. The Morgan fingerprint density at radius 2 is 0.981 bits per heavy atom. The van der Waals surface area contributed by atoms with Crippen molar-refractivity contribution in [1.82, 2.24) is 15.0 Å². The number of para-hydroxylation sites is 1. The number of fused-ring (bicyclic) bond motifs is 5. The van der Waals surface area contributed by atoms with Crippen LogP contribution in [-0.4, -0.2) is 15.0 Å². The maximum absolute atomic E-state index is 5.49. The Morgan fingerprint density at radius 3 is 1.72 bits per heavy atom. The third-order valence-electron chi connectivity index (χ3n) is 11.3. The maximum Gasteiger partial charge on any atom is 0.0972 e. The van der Waals surface area contributed by atoms with E-state index in [9.17, 15) is 0 Å². The summed E-state index contributed by atoms with van der Waals surface area (Å²) < 4.78 is 0. The third kappa shape index (κ3) is 4.78. The lowest BCUT2D eigenvalue weighted by molar-refractivity contribution is 0.591. The lowest BCUT2D eigenvalue weighted by atomic mass is 9.81. The summed E-state index contributed by atoms with van der Waals surface area (Å²) >= 11 is 0. The summed E-state index contributed by atoms with van der Waals surface area (Å²) in [6, 6.07) is 55.2. The molecule has 3 heterocycles. The first-order valence-corrected chi connectivity index (χ1v) is 18.7. The minimum absolute atomic E-state index is 0.0440. The van der Waals surface area contributed by atoms with E-state index in [1.54, 1.807) is 0 Å². The summed E-state index contributed by atoms with van der Waals surface area (Å²) in [6.45, 7) is 6.88. The molecular formula is C51H35N3. The van der Waals surface area contributed by atoms with Crippen LogP contribution in [-0.2, 0) is 5.41 Å². The molecule has 0 atom stereocenters. The topological polar surface area (TPSA) is 38.7 Å². The van der Waals surface area contributed by atoms with Crippen LogP contribution >= 0.6 is 0 Å². The van der Waals surface area contributed by atoms with Gasteiger partial charge in [-0.15, -0.1) is 0 Å². The van der Waals surface area contributed by atoms with E-state index in [2.05, 4.69) is 154 Å². The quantitative estimate of drug-likeness (QED) is 0.173. The monoisotopic (exact) mass is 689 g/mol. The average Bonchev–Trinajstić information content (AvgIpc) is 3.21. The smallest absolute Gasteiger partial charge is 0.0972 e. The highest BCUT2D eigenvalue weighted by Crippen LogP contribution is 2.45. The van der Waals surface area contributed by atoms with Crippen molar-refractivity contribution in [2.45, 2.75) is 26.2 Å². The molecule has 0 amide bonds. The van der Waals surface area contributed by atoms with E-state index in [0.717, 1.165) is 55.2 Å². The average molecular weight is 690 g/mol. The van der Waals surface area contributed by atoms with Crippen molar-refractivity contribution < 1.29 is 0 Å². The second kappa shape index (κ2) is 11.4. The molecule has 8 aromatic carbocycles. The van der Waals surface area contributed by atoms with Crippen LogP contribution < -0.4 is 0 Å². The van der Waals surface area contributed by atoms with Crippen LogP contribution in [0, 0.1) is 0 Å². The number of hydrogen-bond acceptors (Lipinski definition) is 3. The normalized spacial score (nSPS) is 12.4. The SMILES string of the molecule is CC(C)(C)c1cc2ccc3c(-c4ccc5ccccc5c4)cc(-c4ccc5ccc6ccc(-c7cnc8ccccc8c7)nc6c5n4)c4ccc(c1)c2c34. The van der Waals surface area contributed by atoms with E-state index in [0.29, 0.717) is 0 Å². The predicted octanol–water partition coefficient (Wildman–Crippen LogP) is 13.7. The summed E-state index contributed by atoms with van der Waals surface area (Å²) in [5.41, 5.74) is 10.5. The van der Waals surface area contributed by atoms with Gasteiger partial charge >= 0.3 is 0 Å². The molecule has 54 heavy (non-hydrogen) atoms. The molecule has 0 bridgehead atoms. The van der Waals surface area contributed by atoms with Gasteiger partial charge in [0.25, 0.3) is 0 Å². The van der Waals surface area contributed by atoms with Crippen molar-refractivity contribution in [3.05, 3.63) is 163 Å². The molecule has 0 fully saturated rings. The van der Waals surface area contributed by atoms with Gasteiger partial charge in [-0.1, -0.05) is 136 Å². The van der Waals surface area contributed by atoms with Crippen molar-refractivity contribution in [2.24, 2.45) is 0 Å². The van der Waals surface area contributed by atoms with Gasteiger partial charge < -0.3 is 0 Å². The first-order chi connectivity index (χ1) is 26.4. The maximum atomic E-state index is 5.49. The lowest BCUT2D eigenvalue weighted by Crippen LogP contribution is -2.10. The molecule has 11 rings (SSSR count). The van der Waals surface area contributed by atoms with Gasteiger partial charge in [-0.25, -0.2) is 9.97 Å². The molecule has 254 valence electrons. The Morgan fingerprint density at radius 1 is 0.407 bits per heavy atom. The highest BCUT2D eigenvalue weighted by molar-refractivity contribution is 6.28. The Labute approximate surface area is 312 Å². The van der Waals surface area contributed by atoms with Crippen LogP contribution in [0.2, 0.25) is 0 Å². The van der Waals surface area contributed by atoms with E-state index < -0.39 is 0 Å². The molecule has 0 aliphatic rings. The molecule has 0 saturated carbocycles. The summed E-state index contributed by atoms with van der Waals surface area (Å²) in [4.78, 5) is 15.5. The highest BCUT2D eigenvalue weighted by Gasteiger charge is 2.21. The summed E-state index contributed by atoms with van der Waals surface area (Å²) in [5.74, 6) is 0. The molecule has 0 aliphatic carbocycles. The molecular weight excluding hydrogens is 655 g/mol. The standard InChI is InChI=1S/C51H35N3/c1-51(2,3)39-26-36-16-20-40-42(34-15-12-30-8-4-5-9-33(30)24-34)28-43(41-21-17-37(27-39)47(36)48(40)41)46-23-19-32-14-13-31-18-22-45(53-49(31)50(32)54-46)38-25-35-10-6-7-11-44(35)52-29-38/h4-29H,1-3H3. The molecule has 3 nitrogen and oxygen atoms in total. The summed E-state index contributed by atoms with van der Waals surface area (Å²) in [5, 5.41) is 13.3. The second-order valence-corrected chi connectivity index (χ2v) is 15.7. The number of pyridine rings is 3. The fraction of sp³-hybridized carbons (Fsp3) is 0.0784. The molecule has 3 aromatic heterocycles. The zero-order chi connectivity index (χ0) is 36.1. The highest BCUT2D eigenvalue weighted by atomic mass is 14.8. The fourth-order valence-corrected chi connectivity index (χ4v) is 8.45. The van der Waals surface area contributed by atoms with Crippen molar-refractivity contribution >= 4 is 75.8 Å². The Balaban J connectivity index is 1.18. The van der Waals surface area contributed by atoms with Gasteiger partial charge in [0.2, 0.25) is 0 Å². The zero-order valence-corrected chi connectivity index (χ0v) is 30.4. The Kier molecular flexibility index (Phi) is 6.51. The van der Waals surface area contributed by atoms with Gasteiger partial charge in [0.15, 0.2) is 0 Å². The minimum atomic E-state index is 0.0440. The van der Waals surface area contributed by atoms with Crippen molar-refractivity contribution in [1.29, 1.82) is 0 Å². The number of nitrogens with zero attached hydrogens (tertiary/aromatic N) is 3.